The Hall–Kier alpha value is -3.96. The minimum atomic E-state index is -5.50. The predicted molar refractivity (Wildman–Crippen MR) is 106 cm³/mol. The second kappa shape index (κ2) is 9.45. The number of nitrogens with two attached hydrogens (primary N) is 1. The molecule has 12 heteroatoms. The Bertz CT molecular complexity index is 1010. The van der Waals surface area contributed by atoms with E-state index in [2.05, 4.69) is 0 Å². The van der Waals surface area contributed by atoms with Gasteiger partial charge in [-0.05, 0) is 29.8 Å². The highest BCUT2D eigenvalue weighted by atomic mass is 19.3. The predicted octanol–water partition coefficient (Wildman–Crippen LogP) is 2.51. The second-order valence-corrected chi connectivity index (χ2v) is 6.63. The summed E-state index contributed by atoms with van der Waals surface area (Å²) in [6, 6.07) is 10.0. The monoisotopic (exact) mass is 454 g/mol. The van der Waals surface area contributed by atoms with Crippen molar-refractivity contribution in [2.45, 2.75) is 24.3 Å². The lowest BCUT2D eigenvalue weighted by molar-refractivity contribution is -0.208. The van der Waals surface area contributed by atoms with E-state index < -0.39 is 42.1 Å². The van der Waals surface area contributed by atoms with Crippen LogP contribution in [0.15, 0.2) is 54.6 Å². The Morgan fingerprint density at radius 3 is 1.97 bits per heavy atom. The summed E-state index contributed by atoms with van der Waals surface area (Å²) in [7, 11) is 0. The quantitative estimate of drug-likeness (QED) is 0.225. The van der Waals surface area contributed by atoms with Crippen LogP contribution < -0.4 is 16.4 Å². The fourth-order valence-electron chi connectivity index (χ4n) is 2.59. The molecule has 170 valence electrons. The number of amidine groups is 1. The minimum absolute atomic E-state index is 0.0948. The molecule has 2 aromatic rings. The number of carbonyl (C=O) groups excluding carboxylic acids is 2. The fraction of sp³-hybridized carbons (Fsp3) is 0.200. The zero-order valence-electron chi connectivity index (χ0n) is 16.2. The van der Waals surface area contributed by atoms with Gasteiger partial charge in [-0.2, -0.15) is 17.6 Å². The van der Waals surface area contributed by atoms with Gasteiger partial charge in [-0.1, -0.05) is 30.3 Å². The average molecular weight is 454 g/mol. The van der Waals surface area contributed by atoms with E-state index in [-0.39, 0.29) is 22.6 Å². The number of alkyl halides is 4. The van der Waals surface area contributed by atoms with E-state index in [1.807, 2.05) is 0 Å². The molecule has 2 rings (SSSR count). The van der Waals surface area contributed by atoms with Gasteiger partial charge in [-0.3, -0.25) is 19.8 Å². The Morgan fingerprint density at radius 1 is 0.938 bits per heavy atom. The molecule has 0 saturated heterocycles. The summed E-state index contributed by atoms with van der Waals surface area (Å²) in [6.07, 6.45) is -0.855. The Balaban J connectivity index is 2.20. The van der Waals surface area contributed by atoms with Crippen LogP contribution in [0, 0.1) is 5.41 Å². The van der Waals surface area contributed by atoms with Crippen molar-refractivity contribution < 1.29 is 37.1 Å². The van der Waals surface area contributed by atoms with Gasteiger partial charge in [0.05, 0.1) is 12.5 Å². The van der Waals surface area contributed by atoms with E-state index >= 15 is 0 Å². The molecule has 1 unspecified atom stereocenters. The number of amides is 2. The number of hydrogen-bond acceptors (Lipinski definition) is 4. The number of carboxylic acids is 1. The SMILES string of the molecule is N=C(N)c1ccc(NC(=O)C(F)(F)C(F)(F)C(=O)NC(CC(=O)O)c2ccccc2)cc1. The molecule has 0 aliphatic heterocycles. The number of rotatable bonds is 9. The van der Waals surface area contributed by atoms with Crippen LogP contribution in [0.2, 0.25) is 0 Å². The van der Waals surface area contributed by atoms with Crippen LogP contribution in [0.3, 0.4) is 0 Å². The summed E-state index contributed by atoms with van der Waals surface area (Å²) in [6.45, 7) is 0. The van der Waals surface area contributed by atoms with Crippen molar-refractivity contribution in [1.29, 1.82) is 5.41 Å². The standard InChI is InChI=1S/C20H18F4N4O4/c21-19(22,17(31)27-13-8-6-12(7-9-13)16(25)26)20(23,24)18(32)28-14(10-15(29)30)11-4-2-1-3-5-11/h1-9,14H,10H2,(H3,25,26)(H,27,31)(H,28,32)(H,29,30). The number of nitrogen functional groups attached to an aromatic ring is 1. The van der Waals surface area contributed by atoms with E-state index in [0.29, 0.717) is 0 Å². The van der Waals surface area contributed by atoms with Crippen molar-refractivity contribution in [3.8, 4) is 0 Å². The molecule has 0 radical (unpaired) electrons. The van der Waals surface area contributed by atoms with Crippen molar-refractivity contribution in [2.24, 2.45) is 5.73 Å². The Kier molecular flexibility index (Phi) is 7.18. The highest BCUT2D eigenvalue weighted by Crippen LogP contribution is 2.36. The van der Waals surface area contributed by atoms with Crippen molar-refractivity contribution in [2.75, 3.05) is 5.32 Å². The number of carbonyl (C=O) groups is 3. The normalized spacial score (nSPS) is 12.5. The van der Waals surface area contributed by atoms with Crippen LogP contribution in [0.5, 0.6) is 0 Å². The Morgan fingerprint density at radius 2 is 1.47 bits per heavy atom. The summed E-state index contributed by atoms with van der Waals surface area (Å²) >= 11 is 0. The first-order valence-electron chi connectivity index (χ1n) is 8.95. The molecule has 0 aliphatic carbocycles. The third-order valence-electron chi connectivity index (χ3n) is 4.30. The molecule has 1 atom stereocenters. The number of benzene rings is 2. The first kappa shape index (κ1) is 24.3. The van der Waals surface area contributed by atoms with Crippen molar-refractivity contribution in [1.82, 2.24) is 5.32 Å². The molecule has 0 aliphatic rings. The molecule has 8 nitrogen and oxygen atoms in total. The zero-order valence-corrected chi connectivity index (χ0v) is 16.2. The van der Waals surface area contributed by atoms with E-state index in [0.717, 1.165) is 12.1 Å². The molecular formula is C20H18F4N4O4. The van der Waals surface area contributed by atoms with Crippen molar-refractivity contribution >= 4 is 29.3 Å². The van der Waals surface area contributed by atoms with Gasteiger partial charge in [0.25, 0.3) is 5.91 Å². The van der Waals surface area contributed by atoms with Crippen LogP contribution >= 0.6 is 0 Å². The maximum Gasteiger partial charge on any atom is 0.395 e. The summed E-state index contributed by atoms with van der Waals surface area (Å²) < 4.78 is 57.2. The summed E-state index contributed by atoms with van der Waals surface area (Å²) in [5.74, 6) is -17.8. The second-order valence-electron chi connectivity index (χ2n) is 6.63. The third kappa shape index (κ3) is 5.39. The molecule has 2 aromatic carbocycles. The first-order chi connectivity index (χ1) is 14.9. The molecule has 0 fully saturated rings. The molecule has 0 bridgehead atoms. The number of nitrogens with one attached hydrogen (secondary N) is 3. The first-order valence-corrected chi connectivity index (χ1v) is 8.95. The summed E-state index contributed by atoms with van der Waals surface area (Å²) in [5.41, 5.74) is 5.22. The van der Waals surface area contributed by atoms with E-state index in [4.69, 9.17) is 16.2 Å². The van der Waals surface area contributed by atoms with Gasteiger partial charge in [0, 0.05) is 11.3 Å². The van der Waals surface area contributed by atoms with Gasteiger partial charge in [-0.15, -0.1) is 0 Å². The van der Waals surface area contributed by atoms with Gasteiger partial charge in [0.15, 0.2) is 0 Å². The summed E-state index contributed by atoms with van der Waals surface area (Å²) in [5, 5.41) is 19.3. The van der Waals surface area contributed by atoms with Gasteiger partial charge in [0.2, 0.25) is 0 Å². The topological polar surface area (TPSA) is 145 Å². The maximum atomic E-state index is 14.3. The average Bonchev–Trinajstić information content (AvgIpc) is 2.73. The highest BCUT2D eigenvalue weighted by Gasteiger charge is 2.67. The maximum absolute atomic E-state index is 14.3. The van der Waals surface area contributed by atoms with Crippen LogP contribution in [-0.2, 0) is 14.4 Å². The fourth-order valence-corrected chi connectivity index (χ4v) is 2.59. The van der Waals surface area contributed by atoms with Gasteiger partial charge in [0.1, 0.15) is 5.84 Å². The smallest absolute Gasteiger partial charge is 0.395 e. The molecule has 2 amide bonds. The minimum Gasteiger partial charge on any atom is -0.481 e. The molecule has 32 heavy (non-hydrogen) atoms. The van der Waals surface area contributed by atoms with E-state index in [1.54, 1.807) is 16.7 Å². The number of aliphatic carboxylic acids is 1. The number of hydrogen-bond donors (Lipinski definition) is 5. The van der Waals surface area contributed by atoms with Gasteiger partial charge < -0.3 is 21.5 Å². The summed E-state index contributed by atoms with van der Waals surface area (Å²) in [4.78, 5) is 34.9. The molecule has 0 spiro atoms. The Labute approximate surface area is 178 Å². The molecular weight excluding hydrogens is 436 g/mol. The largest absolute Gasteiger partial charge is 0.481 e. The number of anilines is 1. The lowest BCUT2D eigenvalue weighted by atomic mass is 10.0. The van der Waals surface area contributed by atoms with E-state index in [9.17, 15) is 31.9 Å². The molecule has 0 saturated carbocycles. The highest BCUT2D eigenvalue weighted by molar-refractivity contribution is 6.02. The van der Waals surface area contributed by atoms with Crippen molar-refractivity contribution in [3.63, 3.8) is 0 Å². The van der Waals surface area contributed by atoms with Gasteiger partial charge >= 0.3 is 23.7 Å². The van der Waals surface area contributed by atoms with Crippen LogP contribution in [0.4, 0.5) is 23.2 Å². The lowest BCUT2D eigenvalue weighted by Gasteiger charge is -2.27. The number of halogens is 4. The van der Waals surface area contributed by atoms with E-state index in [1.165, 1.54) is 36.4 Å². The zero-order chi connectivity index (χ0) is 24.1. The van der Waals surface area contributed by atoms with Crippen LogP contribution in [-0.4, -0.2) is 40.6 Å². The molecule has 0 aromatic heterocycles. The lowest BCUT2D eigenvalue weighted by Crippen LogP contribution is -2.58. The number of carboxylic acid groups (broad SMARTS) is 1. The van der Waals surface area contributed by atoms with Crippen LogP contribution in [0.25, 0.3) is 0 Å². The van der Waals surface area contributed by atoms with Crippen molar-refractivity contribution in [3.05, 3.63) is 65.7 Å². The van der Waals surface area contributed by atoms with Crippen LogP contribution in [0.1, 0.15) is 23.6 Å². The van der Waals surface area contributed by atoms with Gasteiger partial charge in [-0.25, -0.2) is 0 Å². The molecule has 6 N–H and O–H groups in total. The third-order valence-corrected chi connectivity index (χ3v) is 4.30. The molecule has 0 heterocycles.